The highest BCUT2D eigenvalue weighted by atomic mass is 16.5. The predicted octanol–water partition coefficient (Wildman–Crippen LogP) is 2.69. The Morgan fingerprint density at radius 3 is 2.59 bits per heavy atom. The molecule has 1 aromatic rings. The fourth-order valence-corrected chi connectivity index (χ4v) is 1.79. The molecule has 0 amide bonds. The molecule has 0 atom stereocenters. The molecule has 0 saturated heterocycles. The van der Waals surface area contributed by atoms with E-state index in [0.29, 0.717) is 5.92 Å². The van der Waals surface area contributed by atoms with Gasteiger partial charge in [-0.15, -0.1) is 0 Å². The highest BCUT2D eigenvalue weighted by Gasteiger charge is 2.09. The van der Waals surface area contributed by atoms with Gasteiger partial charge < -0.3 is 15.4 Å². The van der Waals surface area contributed by atoms with E-state index in [2.05, 4.69) is 30.9 Å². The number of hydrogen-bond acceptors (Lipinski definition) is 3. The lowest BCUT2D eigenvalue weighted by molar-refractivity contribution is 0.204. The smallest absolute Gasteiger partial charge is 0.0637 e. The molecule has 0 saturated carbocycles. The normalized spacial score (nSPS) is 10.9. The maximum Gasteiger partial charge on any atom is 0.0637 e. The van der Waals surface area contributed by atoms with E-state index in [1.54, 1.807) is 7.11 Å². The third-order valence-electron chi connectivity index (χ3n) is 2.78. The van der Waals surface area contributed by atoms with E-state index in [1.165, 1.54) is 5.69 Å². The highest BCUT2D eigenvalue weighted by Crippen LogP contribution is 2.21. The highest BCUT2D eigenvalue weighted by molar-refractivity contribution is 5.59. The van der Waals surface area contributed by atoms with Crippen molar-refractivity contribution in [2.45, 2.75) is 20.8 Å². The van der Waals surface area contributed by atoms with Crippen LogP contribution < -0.4 is 10.6 Å². The third-order valence-corrected chi connectivity index (χ3v) is 2.78. The van der Waals surface area contributed by atoms with Crippen LogP contribution in [0.3, 0.4) is 0 Å². The monoisotopic (exact) mass is 236 g/mol. The predicted molar refractivity (Wildman–Crippen MR) is 74.5 cm³/mol. The van der Waals surface area contributed by atoms with Gasteiger partial charge in [0.1, 0.15) is 0 Å². The minimum absolute atomic E-state index is 0.620. The number of hydrogen-bond donors (Lipinski definition) is 1. The molecule has 0 heterocycles. The van der Waals surface area contributed by atoms with Crippen LogP contribution in [0.25, 0.3) is 0 Å². The van der Waals surface area contributed by atoms with Gasteiger partial charge >= 0.3 is 0 Å². The second-order valence-corrected chi connectivity index (χ2v) is 4.87. The Kier molecular flexibility index (Phi) is 5.29. The first-order valence-electron chi connectivity index (χ1n) is 6.14. The molecular weight excluding hydrogens is 212 g/mol. The van der Waals surface area contributed by atoms with E-state index in [0.717, 1.165) is 30.9 Å². The van der Waals surface area contributed by atoms with Gasteiger partial charge in [-0.3, -0.25) is 0 Å². The van der Waals surface area contributed by atoms with E-state index in [9.17, 15) is 0 Å². The second-order valence-electron chi connectivity index (χ2n) is 4.87. The molecule has 1 aromatic carbocycles. The summed E-state index contributed by atoms with van der Waals surface area (Å²) in [4.78, 5) is 2.32. The van der Waals surface area contributed by atoms with Crippen molar-refractivity contribution in [2.24, 2.45) is 5.92 Å². The number of anilines is 2. The van der Waals surface area contributed by atoms with Crippen molar-refractivity contribution in [1.29, 1.82) is 0 Å². The minimum atomic E-state index is 0.620. The van der Waals surface area contributed by atoms with Crippen LogP contribution in [0.2, 0.25) is 0 Å². The van der Waals surface area contributed by atoms with Crippen LogP contribution in [-0.2, 0) is 4.74 Å². The first-order chi connectivity index (χ1) is 8.04. The van der Waals surface area contributed by atoms with Crippen LogP contribution in [0.5, 0.6) is 0 Å². The largest absolute Gasteiger partial charge is 0.398 e. The maximum absolute atomic E-state index is 5.96. The Bertz CT molecular complexity index is 350. The number of nitrogens with two attached hydrogens (primary N) is 1. The summed E-state index contributed by atoms with van der Waals surface area (Å²) in [6, 6.07) is 6.25. The van der Waals surface area contributed by atoms with E-state index >= 15 is 0 Å². The summed E-state index contributed by atoms with van der Waals surface area (Å²) in [7, 11) is 1.73. The van der Waals surface area contributed by atoms with Crippen LogP contribution >= 0.6 is 0 Å². The fourth-order valence-electron chi connectivity index (χ4n) is 1.79. The Morgan fingerprint density at radius 1 is 1.35 bits per heavy atom. The van der Waals surface area contributed by atoms with E-state index in [-0.39, 0.29) is 0 Å². The van der Waals surface area contributed by atoms with Crippen molar-refractivity contribution >= 4 is 11.4 Å². The summed E-state index contributed by atoms with van der Waals surface area (Å²) in [5.74, 6) is 0.620. The molecule has 0 fully saturated rings. The second kappa shape index (κ2) is 6.50. The molecule has 0 aliphatic heterocycles. The summed E-state index contributed by atoms with van der Waals surface area (Å²) in [5, 5.41) is 0. The number of benzene rings is 1. The SMILES string of the molecule is COCCN(CC(C)C)c1ccc(C)c(N)c1. The fraction of sp³-hybridized carbons (Fsp3) is 0.571. The molecule has 0 aliphatic rings. The Hall–Kier alpha value is -1.22. The van der Waals surface area contributed by atoms with Gasteiger partial charge in [-0.25, -0.2) is 0 Å². The number of methoxy groups -OCH3 is 1. The van der Waals surface area contributed by atoms with E-state index in [1.807, 2.05) is 13.0 Å². The number of nitrogens with zero attached hydrogens (tertiary/aromatic N) is 1. The van der Waals surface area contributed by atoms with E-state index < -0.39 is 0 Å². The number of ether oxygens (including phenoxy) is 1. The zero-order chi connectivity index (χ0) is 12.8. The topological polar surface area (TPSA) is 38.5 Å². The molecule has 0 aliphatic carbocycles. The Balaban J connectivity index is 2.83. The Morgan fingerprint density at radius 2 is 2.06 bits per heavy atom. The molecule has 0 radical (unpaired) electrons. The molecule has 3 nitrogen and oxygen atoms in total. The molecule has 17 heavy (non-hydrogen) atoms. The molecule has 0 bridgehead atoms. The van der Waals surface area contributed by atoms with Gasteiger partial charge in [-0.05, 0) is 30.5 Å². The average molecular weight is 236 g/mol. The standard InChI is InChI=1S/C14H24N2O/c1-11(2)10-16(7-8-17-4)13-6-5-12(3)14(15)9-13/h5-6,9,11H,7-8,10,15H2,1-4H3. The first kappa shape index (κ1) is 13.8. The van der Waals surface area contributed by atoms with Crippen molar-refractivity contribution in [3.05, 3.63) is 23.8 Å². The molecule has 1 rings (SSSR count). The van der Waals surface area contributed by atoms with Crippen molar-refractivity contribution in [1.82, 2.24) is 0 Å². The number of aryl methyl sites for hydroxylation is 1. The quantitative estimate of drug-likeness (QED) is 0.772. The zero-order valence-corrected chi connectivity index (χ0v) is 11.4. The van der Waals surface area contributed by atoms with Crippen LogP contribution in [0.1, 0.15) is 19.4 Å². The van der Waals surface area contributed by atoms with Crippen molar-refractivity contribution in [2.75, 3.05) is 37.4 Å². The van der Waals surface area contributed by atoms with Crippen LogP contribution in [0.4, 0.5) is 11.4 Å². The summed E-state index contributed by atoms with van der Waals surface area (Å²) in [5.41, 5.74) is 9.12. The van der Waals surface area contributed by atoms with Crippen molar-refractivity contribution < 1.29 is 4.74 Å². The van der Waals surface area contributed by atoms with Crippen LogP contribution in [0.15, 0.2) is 18.2 Å². The van der Waals surface area contributed by atoms with Crippen molar-refractivity contribution in [3.63, 3.8) is 0 Å². The molecule has 3 heteroatoms. The Labute approximate surface area is 105 Å². The molecule has 96 valence electrons. The lowest BCUT2D eigenvalue weighted by atomic mass is 10.1. The summed E-state index contributed by atoms with van der Waals surface area (Å²) >= 11 is 0. The lowest BCUT2D eigenvalue weighted by Crippen LogP contribution is -2.31. The molecular formula is C14H24N2O. The third kappa shape index (κ3) is 4.27. The van der Waals surface area contributed by atoms with Crippen LogP contribution in [-0.4, -0.2) is 26.8 Å². The van der Waals surface area contributed by atoms with Gasteiger partial charge in [0.25, 0.3) is 0 Å². The van der Waals surface area contributed by atoms with Gasteiger partial charge in [0.15, 0.2) is 0 Å². The number of nitrogen functional groups attached to an aromatic ring is 1. The summed E-state index contributed by atoms with van der Waals surface area (Å²) < 4.78 is 5.16. The maximum atomic E-state index is 5.96. The van der Waals surface area contributed by atoms with Gasteiger partial charge in [0.2, 0.25) is 0 Å². The molecule has 2 N–H and O–H groups in total. The summed E-state index contributed by atoms with van der Waals surface area (Å²) in [6.07, 6.45) is 0. The summed E-state index contributed by atoms with van der Waals surface area (Å²) in [6.45, 7) is 9.12. The minimum Gasteiger partial charge on any atom is -0.398 e. The van der Waals surface area contributed by atoms with Crippen molar-refractivity contribution in [3.8, 4) is 0 Å². The lowest BCUT2D eigenvalue weighted by Gasteiger charge is -2.27. The van der Waals surface area contributed by atoms with Gasteiger partial charge in [-0.2, -0.15) is 0 Å². The first-order valence-corrected chi connectivity index (χ1v) is 6.14. The van der Waals surface area contributed by atoms with E-state index in [4.69, 9.17) is 10.5 Å². The van der Waals surface area contributed by atoms with Crippen LogP contribution in [0, 0.1) is 12.8 Å². The zero-order valence-electron chi connectivity index (χ0n) is 11.4. The average Bonchev–Trinajstić information content (AvgIpc) is 2.27. The van der Waals surface area contributed by atoms with Gasteiger partial charge in [0.05, 0.1) is 6.61 Å². The van der Waals surface area contributed by atoms with Gasteiger partial charge in [0, 0.05) is 31.6 Å². The molecule has 0 unspecified atom stereocenters. The van der Waals surface area contributed by atoms with Gasteiger partial charge in [-0.1, -0.05) is 19.9 Å². The molecule has 0 spiro atoms. The molecule has 0 aromatic heterocycles. The number of rotatable bonds is 6.